The number of nitrogens with one attached hydrogen (secondary N) is 1. The zero-order valence-electron chi connectivity index (χ0n) is 33.3. The lowest BCUT2D eigenvalue weighted by atomic mass is 9.98. The highest BCUT2D eigenvalue weighted by Crippen LogP contribution is 2.25. The number of anilines is 1. The van der Waals surface area contributed by atoms with Crippen LogP contribution < -0.4 is 15.2 Å². The largest absolute Gasteiger partial charge is 0.494 e. The number of hydrogen-bond acceptors (Lipinski definition) is 9. The number of esters is 2. The van der Waals surface area contributed by atoms with Crippen molar-refractivity contribution in [3.05, 3.63) is 156 Å². The summed E-state index contributed by atoms with van der Waals surface area (Å²) in [7, 11) is 0. The fraction of sp³-hybridized carbons (Fsp3) is 0.265. The molecule has 5 aromatic carbocycles. The molecule has 0 fully saturated rings. The molecular weight excluding hydrogens is 743 g/mol. The van der Waals surface area contributed by atoms with Crippen LogP contribution in [0.4, 0.5) is 5.13 Å². The normalized spacial score (nSPS) is 10.6. The van der Waals surface area contributed by atoms with Gasteiger partial charge in [0.15, 0.2) is 5.13 Å². The second-order valence-electron chi connectivity index (χ2n) is 13.9. The number of nitrogens with zero attached hydrogens (tertiary/aromatic N) is 1. The number of fused-ring (bicyclic) bond motifs is 1. The van der Waals surface area contributed by atoms with Crippen molar-refractivity contribution in [3.8, 4) is 22.6 Å². The monoisotopic (exact) mass is 795 g/mol. The van der Waals surface area contributed by atoms with Crippen molar-refractivity contribution < 1.29 is 23.8 Å². The van der Waals surface area contributed by atoms with E-state index in [1.54, 1.807) is 30.3 Å². The van der Waals surface area contributed by atoms with E-state index in [9.17, 15) is 9.59 Å². The summed E-state index contributed by atoms with van der Waals surface area (Å²) in [5, 5.41) is 8.55. The number of carbonyl (C=O) groups excluding carboxylic acids is 2. The third kappa shape index (κ3) is 13.8. The van der Waals surface area contributed by atoms with Gasteiger partial charge in [-0.2, -0.15) is 0 Å². The highest BCUT2D eigenvalue weighted by atomic mass is 32.1. The van der Waals surface area contributed by atoms with Crippen LogP contribution in [0, 0.1) is 5.41 Å². The van der Waals surface area contributed by atoms with Crippen LogP contribution in [-0.4, -0.2) is 36.4 Å². The number of thiazole rings is 1. The lowest BCUT2D eigenvalue weighted by molar-refractivity contribution is -0.137. The summed E-state index contributed by atoms with van der Waals surface area (Å²) in [6.07, 6.45) is 12.6. The van der Waals surface area contributed by atoms with E-state index < -0.39 is 11.9 Å². The molecular formula is C49H53N3O5S. The summed E-state index contributed by atoms with van der Waals surface area (Å²) < 4.78 is 17.6. The highest BCUT2D eigenvalue weighted by molar-refractivity contribution is 7.22. The van der Waals surface area contributed by atoms with Crippen molar-refractivity contribution in [3.63, 3.8) is 0 Å². The van der Waals surface area contributed by atoms with E-state index in [1.807, 2.05) is 36.4 Å². The summed E-state index contributed by atoms with van der Waals surface area (Å²) >= 11 is 1.52. The van der Waals surface area contributed by atoms with Gasteiger partial charge in [-0.3, -0.25) is 0 Å². The van der Waals surface area contributed by atoms with Crippen molar-refractivity contribution in [2.45, 2.75) is 71.1 Å². The maximum atomic E-state index is 12.9. The molecule has 0 aliphatic carbocycles. The maximum absolute atomic E-state index is 12.9. The Balaban J connectivity index is 0.000000551. The zero-order valence-corrected chi connectivity index (χ0v) is 34.1. The molecule has 300 valence electrons. The quantitative estimate of drug-likeness (QED) is 0.0259. The molecule has 0 aliphatic heterocycles. The summed E-state index contributed by atoms with van der Waals surface area (Å²) in [6, 6.07) is 38.1. The van der Waals surface area contributed by atoms with Crippen LogP contribution in [0.15, 0.2) is 128 Å². The molecule has 1 heterocycles. The Morgan fingerprint density at radius 1 is 0.741 bits per heavy atom. The average molecular weight is 796 g/mol. The minimum Gasteiger partial charge on any atom is -0.494 e. The van der Waals surface area contributed by atoms with Crippen molar-refractivity contribution in [2.75, 3.05) is 18.9 Å². The van der Waals surface area contributed by atoms with Crippen molar-refractivity contribution in [1.29, 1.82) is 5.41 Å². The molecule has 9 heteroatoms. The second-order valence-corrected chi connectivity index (χ2v) is 15.0. The highest BCUT2D eigenvalue weighted by Gasteiger charge is 2.13. The van der Waals surface area contributed by atoms with Crippen LogP contribution in [0.1, 0.15) is 84.5 Å². The Morgan fingerprint density at radius 2 is 1.38 bits per heavy atom. The van der Waals surface area contributed by atoms with Gasteiger partial charge in [-0.05, 0) is 128 Å². The number of nitrogens with two attached hydrogens (primary N) is 1. The van der Waals surface area contributed by atoms with E-state index in [2.05, 4.69) is 67.0 Å². The Kier molecular flexibility index (Phi) is 17.3. The molecule has 0 aliphatic rings. The number of para-hydroxylation sites is 1. The van der Waals surface area contributed by atoms with E-state index in [1.165, 1.54) is 65.1 Å². The van der Waals surface area contributed by atoms with Gasteiger partial charge in [0.05, 0.1) is 29.0 Å². The molecule has 0 amide bonds. The lowest BCUT2D eigenvalue weighted by Crippen LogP contribution is -2.10. The van der Waals surface area contributed by atoms with Crippen LogP contribution in [0.2, 0.25) is 0 Å². The second kappa shape index (κ2) is 23.2. The van der Waals surface area contributed by atoms with Crippen LogP contribution >= 0.6 is 11.3 Å². The van der Waals surface area contributed by atoms with Gasteiger partial charge in [0.2, 0.25) is 0 Å². The molecule has 3 N–H and O–H groups in total. The third-order valence-electron chi connectivity index (χ3n) is 9.56. The molecule has 0 atom stereocenters. The Morgan fingerprint density at radius 3 is 2.03 bits per heavy atom. The van der Waals surface area contributed by atoms with Gasteiger partial charge in [-0.1, -0.05) is 104 Å². The number of unbranched alkanes of at least 4 members (excludes halogenated alkanes) is 5. The minimum absolute atomic E-state index is 0.360. The number of rotatable bonds is 20. The number of aromatic nitrogens is 1. The number of carbonyl (C=O) groups is 2. The predicted molar refractivity (Wildman–Crippen MR) is 237 cm³/mol. The molecule has 1 aromatic heterocycles. The van der Waals surface area contributed by atoms with Crippen LogP contribution in [-0.2, 0) is 28.8 Å². The van der Waals surface area contributed by atoms with Gasteiger partial charge in [-0.15, -0.1) is 0 Å². The summed E-state index contributed by atoms with van der Waals surface area (Å²) in [4.78, 5) is 28.0. The number of ether oxygens (including phenoxy) is 3. The van der Waals surface area contributed by atoms with Gasteiger partial charge in [0.25, 0.3) is 0 Å². The molecule has 6 rings (SSSR count). The minimum atomic E-state index is -0.485. The van der Waals surface area contributed by atoms with Gasteiger partial charge in [0.1, 0.15) is 11.5 Å². The molecule has 0 spiro atoms. The first-order chi connectivity index (χ1) is 28.3. The zero-order chi connectivity index (χ0) is 41.0. The predicted octanol–water partition coefficient (Wildman–Crippen LogP) is 11.6. The average Bonchev–Trinajstić information content (AvgIpc) is 3.65. The van der Waals surface area contributed by atoms with E-state index in [4.69, 9.17) is 25.4 Å². The first-order valence-electron chi connectivity index (χ1n) is 20.0. The van der Waals surface area contributed by atoms with Crippen molar-refractivity contribution in [1.82, 2.24) is 4.98 Å². The summed E-state index contributed by atoms with van der Waals surface area (Å²) in [6.45, 7) is 6.57. The lowest BCUT2D eigenvalue weighted by Gasteiger charge is -2.11. The number of benzene rings is 5. The van der Waals surface area contributed by atoms with Gasteiger partial charge < -0.3 is 25.4 Å². The first kappa shape index (κ1) is 43.1. The Bertz CT molecular complexity index is 2180. The van der Waals surface area contributed by atoms with E-state index in [0.717, 1.165) is 60.7 Å². The standard InChI is InChI=1S/C42H47NO5.C7H6N2S/c1-3-5-8-11-32-14-19-35(20-15-32)36-21-16-33(17-22-36)12-13-34-18-27-40(38(30-34)31-43)48-42(45)37-23-25-39(26-24-37)46-28-9-6-7-10-29-47-41(44)4-2;8-7-9-5-3-1-2-4-6(5)10-7/h4,14-27,30-31,43H,2-3,5-13,28-29H2,1H3;1-4H,(H2,8,9). The van der Waals surface area contributed by atoms with Crippen LogP contribution in [0.25, 0.3) is 21.3 Å². The fourth-order valence-corrected chi connectivity index (χ4v) is 7.00. The van der Waals surface area contributed by atoms with Gasteiger partial charge in [0, 0.05) is 17.9 Å². The topological polar surface area (TPSA) is 125 Å². The molecule has 8 nitrogen and oxygen atoms in total. The Hall–Kier alpha value is -6.06. The molecule has 0 bridgehead atoms. The molecule has 58 heavy (non-hydrogen) atoms. The van der Waals surface area contributed by atoms with Crippen molar-refractivity contribution in [2.24, 2.45) is 0 Å². The van der Waals surface area contributed by atoms with E-state index >= 15 is 0 Å². The third-order valence-corrected chi connectivity index (χ3v) is 10.4. The number of aryl methyl sites for hydroxylation is 3. The molecule has 0 saturated carbocycles. The van der Waals surface area contributed by atoms with E-state index in [-0.39, 0.29) is 0 Å². The van der Waals surface area contributed by atoms with Gasteiger partial charge >= 0.3 is 11.9 Å². The van der Waals surface area contributed by atoms with Crippen LogP contribution in [0.5, 0.6) is 11.5 Å². The van der Waals surface area contributed by atoms with Crippen molar-refractivity contribution >= 4 is 44.8 Å². The molecule has 0 radical (unpaired) electrons. The molecule has 0 saturated heterocycles. The van der Waals surface area contributed by atoms with Crippen LogP contribution in [0.3, 0.4) is 0 Å². The Labute approximate surface area is 346 Å². The van der Waals surface area contributed by atoms with E-state index in [0.29, 0.717) is 41.0 Å². The summed E-state index contributed by atoms with van der Waals surface area (Å²) in [5.41, 5.74) is 13.6. The van der Waals surface area contributed by atoms with Gasteiger partial charge in [-0.25, -0.2) is 14.6 Å². The first-order valence-corrected chi connectivity index (χ1v) is 20.8. The fourth-order valence-electron chi connectivity index (χ4n) is 6.27. The number of nitrogen functional groups attached to an aromatic ring is 1. The smallest absolute Gasteiger partial charge is 0.343 e. The summed E-state index contributed by atoms with van der Waals surface area (Å²) in [5.74, 6) is 0.162. The molecule has 0 unspecified atom stereocenters. The number of hydrogen-bond donors (Lipinski definition) is 2. The molecule has 6 aromatic rings. The SMILES string of the molecule is C=CC(=O)OCCCCCCOc1ccc(C(=O)Oc2ccc(CCc3ccc(-c4ccc(CCCCC)cc4)cc3)cc2C=N)cc1.Nc1nc2ccccc2s1. The maximum Gasteiger partial charge on any atom is 0.343 e.